The lowest BCUT2D eigenvalue weighted by Gasteiger charge is -2.35. The fourth-order valence-corrected chi connectivity index (χ4v) is 7.89. The molecular weight excluding hydrogens is 594 g/mol. The Morgan fingerprint density at radius 2 is 1.79 bits per heavy atom. The first-order chi connectivity index (χ1) is 20.6. The van der Waals surface area contributed by atoms with Crippen LogP contribution in [0.3, 0.4) is 0 Å². The lowest BCUT2D eigenvalue weighted by atomic mass is 10.1. The molecule has 5 rings (SSSR count). The van der Waals surface area contributed by atoms with Crippen LogP contribution < -0.4 is 4.72 Å². The van der Waals surface area contributed by atoms with Gasteiger partial charge in [-0.25, -0.2) is 8.42 Å². The molecule has 3 amide bonds. The van der Waals surface area contributed by atoms with E-state index in [2.05, 4.69) is 9.62 Å². The second-order valence-corrected chi connectivity index (χ2v) is 13.9. The van der Waals surface area contributed by atoms with Gasteiger partial charge in [-0.3, -0.25) is 19.3 Å². The van der Waals surface area contributed by atoms with Crippen molar-refractivity contribution in [1.82, 2.24) is 24.3 Å². The van der Waals surface area contributed by atoms with Crippen molar-refractivity contribution in [2.75, 3.05) is 60.0 Å². The summed E-state index contributed by atoms with van der Waals surface area (Å²) in [5, 5.41) is 2.11. The maximum Gasteiger partial charge on any atom is 0.248 e. The van der Waals surface area contributed by atoms with Gasteiger partial charge in [-0.05, 0) is 67.1 Å². The number of benzene rings is 2. The number of fused-ring (bicyclic) bond motifs is 1. The number of ether oxygens (including phenoxy) is 1. The van der Waals surface area contributed by atoms with E-state index in [0.29, 0.717) is 31.0 Å². The van der Waals surface area contributed by atoms with Crippen LogP contribution >= 0.6 is 11.6 Å². The zero-order chi connectivity index (χ0) is 30.7. The summed E-state index contributed by atoms with van der Waals surface area (Å²) in [6.07, 6.45) is 3.62. The van der Waals surface area contributed by atoms with E-state index in [1.165, 1.54) is 18.1 Å². The average Bonchev–Trinajstić information content (AvgIpc) is 3.64. The molecule has 1 N–H and O–H groups in total. The Morgan fingerprint density at radius 3 is 2.58 bits per heavy atom. The van der Waals surface area contributed by atoms with E-state index in [1.54, 1.807) is 35.2 Å². The number of sulfonamides is 1. The van der Waals surface area contributed by atoms with Crippen molar-refractivity contribution in [3.05, 3.63) is 41.4 Å². The first kappa shape index (κ1) is 31.6. The van der Waals surface area contributed by atoms with Crippen LogP contribution in [-0.4, -0.2) is 124 Å². The molecule has 2 aromatic rings. The standard InChI is InChI=1S/C30H40ClN5O6S/c1-33(29(38)20-42-2)24-11-14-34(17-24)18-25-5-3-13-36(25)28(37)19-35-12-4-6-27(30(35)39)32-43(40,41)26-10-8-21-15-23(31)9-7-22(21)16-26/h7-10,15-16,24-25,27,32H,3-6,11-14,17-20H2,1-2H3/t24?,25-,27-/m0/s1. The van der Waals surface area contributed by atoms with Gasteiger partial charge in [-0.1, -0.05) is 23.7 Å². The number of hydrogen-bond acceptors (Lipinski definition) is 7. The molecule has 2 aromatic carbocycles. The molecule has 0 spiro atoms. The molecule has 234 valence electrons. The summed E-state index contributed by atoms with van der Waals surface area (Å²) >= 11 is 6.05. The third kappa shape index (κ3) is 7.31. The number of methoxy groups -OCH3 is 1. The van der Waals surface area contributed by atoms with Gasteiger partial charge in [-0.2, -0.15) is 4.72 Å². The molecule has 3 atom stereocenters. The van der Waals surface area contributed by atoms with Crippen molar-refractivity contribution in [2.45, 2.75) is 55.1 Å². The van der Waals surface area contributed by atoms with Crippen LogP contribution in [0.1, 0.15) is 32.1 Å². The zero-order valence-corrected chi connectivity index (χ0v) is 26.3. The monoisotopic (exact) mass is 633 g/mol. The number of nitrogens with one attached hydrogen (secondary N) is 1. The van der Waals surface area contributed by atoms with Gasteiger partial charge in [0, 0.05) is 64.0 Å². The number of hydrogen-bond donors (Lipinski definition) is 1. The minimum Gasteiger partial charge on any atom is -0.375 e. The predicted molar refractivity (Wildman–Crippen MR) is 163 cm³/mol. The number of carbonyl (C=O) groups excluding carboxylic acids is 3. The Morgan fingerprint density at radius 1 is 1.05 bits per heavy atom. The van der Waals surface area contributed by atoms with E-state index in [-0.39, 0.29) is 47.9 Å². The van der Waals surface area contributed by atoms with Crippen molar-refractivity contribution in [3.63, 3.8) is 0 Å². The number of likely N-dealkylation sites (tertiary alicyclic amines) is 3. The van der Waals surface area contributed by atoms with Gasteiger partial charge < -0.3 is 19.4 Å². The number of likely N-dealkylation sites (N-methyl/N-ethyl adjacent to an activating group) is 1. The fourth-order valence-electron chi connectivity index (χ4n) is 6.45. The number of rotatable bonds is 10. The smallest absolute Gasteiger partial charge is 0.248 e. The van der Waals surface area contributed by atoms with Crippen LogP contribution in [0.5, 0.6) is 0 Å². The van der Waals surface area contributed by atoms with E-state index in [9.17, 15) is 22.8 Å². The highest BCUT2D eigenvalue weighted by Gasteiger charge is 2.37. The van der Waals surface area contributed by atoms with E-state index >= 15 is 0 Å². The van der Waals surface area contributed by atoms with E-state index in [0.717, 1.165) is 49.7 Å². The zero-order valence-electron chi connectivity index (χ0n) is 24.7. The molecular formula is C30H40ClN5O6S. The summed E-state index contributed by atoms with van der Waals surface area (Å²) in [5.41, 5.74) is 0. The van der Waals surface area contributed by atoms with Gasteiger partial charge >= 0.3 is 0 Å². The normalized spacial score (nSPS) is 23.3. The van der Waals surface area contributed by atoms with Crippen molar-refractivity contribution >= 4 is 50.1 Å². The Labute approximate surface area is 258 Å². The summed E-state index contributed by atoms with van der Waals surface area (Å²) in [5.74, 6) is -0.533. The molecule has 13 heteroatoms. The second-order valence-electron chi connectivity index (χ2n) is 11.8. The Balaban J connectivity index is 1.17. The molecule has 3 heterocycles. The van der Waals surface area contributed by atoms with E-state index < -0.39 is 16.1 Å². The molecule has 11 nitrogen and oxygen atoms in total. The first-order valence-corrected chi connectivity index (χ1v) is 16.7. The van der Waals surface area contributed by atoms with Crippen molar-refractivity contribution in [3.8, 4) is 0 Å². The minimum atomic E-state index is -3.97. The highest BCUT2D eigenvalue weighted by molar-refractivity contribution is 7.89. The number of nitrogens with zero attached hydrogens (tertiary/aromatic N) is 4. The molecule has 0 radical (unpaired) electrons. The lowest BCUT2D eigenvalue weighted by molar-refractivity contribution is -0.143. The van der Waals surface area contributed by atoms with Crippen molar-refractivity contribution in [1.29, 1.82) is 0 Å². The number of halogens is 1. The Hall–Kier alpha value is -2.77. The van der Waals surface area contributed by atoms with Gasteiger partial charge in [-0.15, -0.1) is 0 Å². The van der Waals surface area contributed by atoms with Gasteiger partial charge in [0.1, 0.15) is 12.6 Å². The topological polar surface area (TPSA) is 120 Å². The molecule has 1 unspecified atom stereocenters. The first-order valence-electron chi connectivity index (χ1n) is 14.8. The fraction of sp³-hybridized carbons (Fsp3) is 0.567. The van der Waals surface area contributed by atoms with Crippen LogP contribution in [0.15, 0.2) is 41.3 Å². The molecule has 0 aromatic heterocycles. The summed E-state index contributed by atoms with van der Waals surface area (Å²) in [6, 6.07) is 9.21. The Kier molecular flexibility index (Phi) is 9.92. The molecule has 0 bridgehead atoms. The molecule has 0 saturated carbocycles. The molecule has 43 heavy (non-hydrogen) atoms. The average molecular weight is 634 g/mol. The highest BCUT2D eigenvalue weighted by Crippen LogP contribution is 2.25. The maximum atomic E-state index is 13.4. The van der Waals surface area contributed by atoms with Crippen LogP contribution in [0.2, 0.25) is 5.02 Å². The molecule has 0 aliphatic carbocycles. The minimum absolute atomic E-state index is 0.0403. The number of piperidine rings is 1. The summed E-state index contributed by atoms with van der Waals surface area (Å²) < 4.78 is 34.0. The predicted octanol–water partition coefficient (Wildman–Crippen LogP) is 1.93. The van der Waals surface area contributed by atoms with Crippen LogP contribution in [0, 0.1) is 0 Å². The molecule has 3 fully saturated rings. The maximum absolute atomic E-state index is 13.4. The van der Waals surface area contributed by atoms with Gasteiger partial charge in [0.15, 0.2) is 0 Å². The SMILES string of the molecule is COCC(=O)N(C)C1CCN(C[C@@H]2CCCN2C(=O)CN2CCC[C@H](NS(=O)(=O)c3ccc4cc(Cl)ccc4c3)C2=O)C1. The largest absolute Gasteiger partial charge is 0.375 e. The number of carbonyl (C=O) groups is 3. The highest BCUT2D eigenvalue weighted by atomic mass is 35.5. The van der Waals surface area contributed by atoms with E-state index in [1.807, 2.05) is 11.9 Å². The van der Waals surface area contributed by atoms with E-state index in [4.69, 9.17) is 16.3 Å². The van der Waals surface area contributed by atoms with Crippen LogP contribution in [0.4, 0.5) is 0 Å². The molecule has 3 aliphatic rings. The summed E-state index contributed by atoms with van der Waals surface area (Å²) in [7, 11) is -0.647. The number of amides is 3. The van der Waals surface area contributed by atoms with Crippen LogP contribution in [0.25, 0.3) is 10.8 Å². The molecule has 3 saturated heterocycles. The van der Waals surface area contributed by atoms with Crippen LogP contribution in [-0.2, 0) is 29.1 Å². The molecule has 3 aliphatic heterocycles. The summed E-state index contributed by atoms with van der Waals surface area (Å²) in [4.78, 5) is 46.5. The third-order valence-corrected chi connectivity index (χ3v) is 10.6. The lowest BCUT2D eigenvalue weighted by Crippen LogP contribution is -2.55. The Bertz CT molecular complexity index is 1470. The summed E-state index contributed by atoms with van der Waals surface area (Å²) in [6.45, 7) is 3.37. The van der Waals surface area contributed by atoms with Gasteiger partial charge in [0.25, 0.3) is 0 Å². The van der Waals surface area contributed by atoms with Crippen molar-refractivity contribution < 1.29 is 27.5 Å². The third-order valence-electron chi connectivity index (χ3n) is 8.86. The quantitative estimate of drug-likeness (QED) is 0.425. The second kappa shape index (κ2) is 13.5. The van der Waals surface area contributed by atoms with Gasteiger partial charge in [0.2, 0.25) is 27.7 Å². The van der Waals surface area contributed by atoms with Gasteiger partial charge in [0.05, 0.1) is 11.4 Å². The van der Waals surface area contributed by atoms with Crippen molar-refractivity contribution in [2.24, 2.45) is 0 Å².